The molecule has 1 aliphatic rings. The molecule has 0 aromatic rings. The van der Waals surface area contributed by atoms with Crippen LogP contribution >= 0.6 is 0 Å². The van der Waals surface area contributed by atoms with E-state index in [1.54, 1.807) is 0 Å². The fraction of sp³-hybridized carbons (Fsp3) is 1.00. The highest BCUT2D eigenvalue weighted by Gasteiger charge is 2.36. The summed E-state index contributed by atoms with van der Waals surface area (Å²) in [5, 5.41) is 0. The molecule has 5 nitrogen and oxygen atoms in total. The Morgan fingerprint density at radius 1 is 1.33 bits per heavy atom. The maximum atomic E-state index is 11.7. The van der Waals surface area contributed by atoms with Gasteiger partial charge in [-0.25, -0.2) is 13.1 Å². The minimum absolute atomic E-state index is 0.117. The Labute approximate surface area is 111 Å². The number of ether oxygens (including phenoxy) is 1. The average molecular weight is 278 g/mol. The van der Waals surface area contributed by atoms with Crippen LogP contribution in [0.3, 0.4) is 0 Å². The van der Waals surface area contributed by atoms with Gasteiger partial charge < -0.3 is 9.64 Å². The summed E-state index contributed by atoms with van der Waals surface area (Å²) in [6.07, 6.45) is 0.813. The van der Waals surface area contributed by atoms with Crippen molar-refractivity contribution in [3.05, 3.63) is 0 Å². The molecular weight excluding hydrogens is 252 g/mol. The third kappa shape index (κ3) is 4.50. The second kappa shape index (κ2) is 6.32. The molecule has 0 aromatic carbocycles. The average Bonchev–Trinajstić information content (AvgIpc) is 2.24. The topological polar surface area (TPSA) is 58.6 Å². The maximum absolute atomic E-state index is 11.7. The molecule has 18 heavy (non-hydrogen) atoms. The SMILES string of the molecule is CC(C)OCC1NS(=O)(=O)CCC1C(C)N(C)C. The Balaban J connectivity index is 2.74. The molecule has 0 bridgehead atoms. The first kappa shape index (κ1) is 15.9. The zero-order valence-corrected chi connectivity index (χ0v) is 12.8. The standard InChI is InChI=1S/C12H26N2O3S/c1-9(2)17-8-12-11(10(3)14(4)5)6-7-18(15,16)13-12/h9-13H,6-8H2,1-5H3. The van der Waals surface area contributed by atoms with Crippen molar-refractivity contribution in [1.29, 1.82) is 0 Å². The van der Waals surface area contributed by atoms with Gasteiger partial charge in [0.1, 0.15) is 0 Å². The number of nitrogens with one attached hydrogen (secondary N) is 1. The zero-order valence-electron chi connectivity index (χ0n) is 12.0. The van der Waals surface area contributed by atoms with Crippen LogP contribution in [-0.4, -0.2) is 58.0 Å². The fourth-order valence-electron chi connectivity index (χ4n) is 2.28. The van der Waals surface area contributed by atoms with Gasteiger partial charge in [-0.2, -0.15) is 0 Å². The van der Waals surface area contributed by atoms with Gasteiger partial charge in [-0.3, -0.25) is 0 Å². The van der Waals surface area contributed by atoms with Crippen molar-refractivity contribution < 1.29 is 13.2 Å². The second-order valence-electron chi connectivity index (χ2n) is 5.58. The lowest BCUT2D eigenvalue weighted by atomic mass is 9.90. The normalized spacial score (nSPS) is 29.7. The molecule has 6 heteroatoms. The summed E-state index contributed by atoms with van der Waals surface area (Å²) in [5.74, 6) is 0.510. The summed E-state index contributed by atoms with van der Waals surface area (Å²) >= 11 is 0. The van der Waals surface area contributed by atoms with Crippen LogP contribution in [0.25, 0.3) is 0 Å². The molecule has 0 aromatic heterocycles. The van der Waals surface area contributed by atoms with Crippen molar-refractivity contribution in [3.63, 3.8) is 0 Å². The predicted molar refractivity (Wildman–Crippen MR) is 73.1 cm³/mol. The molecule has 0 radical (unpaired) electrons. The van der Waals surface area contributed by atoms with Crippen molar-refractivity contribution >= 4 is 10.0 Å². The summed E-state index contributed by atoms with van der Waals surface area (Å²) < 4.78 is 31.7. The van der Waals surface area contributed by atoms with Gasteiger partial charge in [-0.1, -0.05) is 0 Å². The number of sulfonamides is 1. The molecule has 1 fully saturated rings. The van der Waals surface area contributed by atoms with E-state index in [0.29, 0.717) is 25.0 Å². The summed E-state index contributed by atoms with van der Waals surface area (Å²) in [6.45, 7) is 6.50. The van der Waals surface area contributed by atoms with Gasteiger partial charge in [0.05, 0.1) is 18.5 Å². The van der Waals surface area contributed by atoms with Crippen LogP contribution in [0.5, 0.6) is 0 Å². The molecule has 0 amide bonds. The van der Waals surface area contributed by atoms with Crippen LogP contribution in [0.4, 0.5) is 0 Å². The minimum atomic E-state index is -3.12. The van der Waals surface area contributed by atoms with E-state index < -0.39 is 10.0 Å². The Bertz CT molecular complexity index is 354. The van der Waals surface area contributed by atoms with Crippen LogP contribution in [0.15, 0.2) is 0 Å². The zero-order chi connectivity index (χ0) is 13.9. The molecule has 1 aliphatic heterocycles. The van der Waals surface area contributed by atoms with Crippen LogP contribution < -0.4 is 4.72 Å². The predicted octanol–water partition coefficient (Wildman–Crippen LogP) is 0.669. The Morgan fingerprint density at radius 2 is 1.94 bits per heavy atom. The first-order chi connectivity index (χ1) is 8.23. The Kier molecular flexibility index (Phi) is 5.58. The lowest BCUT2D eigenvalue weighted by Gasteiger charge is -2.38. The molecule has 1 saturated heterocycles. The van der Waals surface area contributed by atoms with Crippen molar-refractivity contribution in [2.45, 2.75) is 45.4 Å². The van der Waals surface area contributed by atoms with Crippen molar-refractivity contribution in [1.82, 2.24) is 9.62 Å². The molecule has 1 rings (SSSR count). The Hall–Kier alpha value is -0.170. The van der Waals surface area contributed by atoms with E-state index in [1.807, 2.05) is 27.9 Å². The van der Waals surface area contributed by atoms with Gasteiger partial charge in [0, 0.05) is 12.1 Å². The van der Waals surface area contributed by atoms with Crippen LogP contribution in [0, 0.1) is 5.92 Å². The molecule has 0 spiro atoms. The first-order valence-electron chi connectivity index (χ1n) is 6.51. The smallest absolute Gasteiger partial charge is 0.211 e. The Morgan fingerprint density at radius 3 is 2.44 bits per heavy atom. The molecule has 0 saturated carbocycles. The maximum Gasteiger partial charge on any atom is 0.211 e. The van der Waals surface area contributed by atoms with Crippen molar-refractivity contribution in [3.8, 4) is 0 Å². The van der Waals surface area contributed by atoms with Crippen molar-refractivity contribution in [2.24, 2.45) is 5.92 Å². The summed E-state index contributed by atoms with van der Waals surface area (Å²) in [4.78, 5) is 2.13. The second-order valence-corrected chi connectivity index (χ2v) is 7.46. The van der Waals surface area contributed by atoms with E-state index in [1.165, 1.54) is 0 Å². The number of hydrogen-bond donors (Lipinski definition) is 1. The quantitative estimate of drug-likeness (QED) is 0.803. The third-order valence-electron chi connectivity index (χ3n) is 3.61. The lowest BCUT2D eigenvalue weighted by Crippen LogP contribution is -2.54. The minimum Gasteiger partial charge on any atom is -0.377 e. The van der Waals surface area contributed by atoms with Gasteiger partial charge in [-0.05, 0) is 47.2 Å². The molecule has 3 atom stereocenters. The molecule has 1 heterocycles. The molecule has 1 N–H and O–H groups in total. The van der Waals surface area contributed by atoms with E-state index >= 15 is 0 Å². The summed E-state index contributed by atoms with van der Waals surface area (Å²) in [7, 11) is 0.923. The van der Waals surface area contributed by atoms with E-state index in [-0.39, 0.29) is 17.9 Å². The fourth-order valence-corrected chi connectivity index (χ4v) is 3.69. The third-order valence-corrected chi connectivity index (χ3v) is 5.05. The number of rotatable bonds is 5. The number of hydrogen-bond acceptors (Lipinski definition) is 4. The monoisotopic (exact) mass is 278 g/mol. The van der Waals surface area contributed by atoms with Crippen LogP contribution in [0.2, 0.25) is 0 Å². The van der Waals surface area contributed by atoms with Gasteiger partial charge in [0.2, 0.25) is 10.0 Å². The molecule has 108 valence electrons. The number of nitrogens with zero attached hydrogens (tertiary/aromatic N) is 1. The van der Waals surface area contributed by atoms with Gasteiger partial charge in [-0.15, -0.1) is 0 Å². The van der Waals surface area contributed by atoms with E-state index in [0.717, 1.165) is 0 Å². The van der Waals surface area contributed by atoms with E-state index in [2.05, 4.69) is 16.5 Å². The van der Waals surface area contributed by atoms with Crippen LogP contribution in [0.1, 0.15) is 27.2 Å². The highest BCUT2D eigenvalue weighted by molar-refractivity contribution is 7.89. The highest BCUT2D eigenvalue weighted by atomic mass is 32.2. The van der Waals surface area contributed by atoms with Gasteiger partial charge >= 0.3 is 0 Å². The summed E-state index contributed by atoms with van der Waals surface area (Å²) in [5.41, 5.74) is 0. The van der Waals surface area contributed by atoms with Gasteiger partial charge in [0.15, 0.2) is 0 Å². The molecular formula is C12H26N2O3S. The largest absolute Gasteiger partial charge is 0.377 e. The van der Waals surface area contributed by atoms with Crippen molar-refractivity contribution in [2.75, 3.05) is 26.5 Å². The van der Waals surface area contributed by atoms with E-state index in [4.69, 9.17) is 4.74 Å². The lowest BCUT2D eigenvalue weighted by molar-refractivity contribution is 0.0396. The van der Waals surface area contributed by atoms with Gasteiger partial charge in [0.25, 0.3) is 0 Å². The van der Waals surface area contributed by atoms with Crippen LogP contribution in [-0.2, 0) is 14.8 Å². The molecule has 3 unspecified atom stereocenters. The first-order valence-corrected chi connectivity index (χ1v) is 8.16. The molecule has 0 aliphatic carbocycles. The summed E-state index contributed by atoms with van der Waals surface area (Å²) in [6, 6.07) is 0.206. The highest BCUT2D eigenvalue weighted by Crippen LogP contribution is 2.23. The van der Waals surface area contributed by atoms with E-state index in [9.17, 15) is 8.42 Å².